The topological polar surface area (TPSA) is 146 Å². The number of carbonyl (C=O) groups is 4. The SMILES string of the molecule is COC(=O)CN(CC(OC)OC)C(=O)[C@H](CC(N)=O)NC(=O)OCc1ccccc1. The molecule has 11 nitrogen and oxygen atoms in total. The molecule has 3 N–H and O–H groups in total. The molecule has 0 aliphatic heterocycles. The maximum Gasteiger partial charge on any atom is 0.408 e. The highest BCUT2D eigenvalue weighted by molar-refractivity contribution is 5.92. The van der Waals surface area contributed by atoms with Crippen molar-refractivity contribution in [2.75, 3.05) is 34.4 Å². The van der Waals surface area contributed by atoms with E-state index < -0.39 is 49.2 Å². The predicted octanol–water partition coefficient (Wildman–Crippen LogP) is -0.223. The van der Waals surface area contributed by atoms with Crippen LogP contribution in [0.25, 0.3) is 0 Å². The molecule has 0 unspecified atom stereocenters. The molecule has 0 saturated carbocycles. The summed E-state index contributed by atoms with van der Waals surface area (Å²) in [6.07, 6.45) is -2.27. The predicted molar refractivity (Wildman–Crippen MR) is 104 cm³/mol. The Labute approximate surface area is 174 Å². The Balaban J connectivity index is 2.88. The van der Waals surface area contributed by atoms with Crippen LogP contribution >= 0.6 is 0 Å². The number of ether oxygens (including phenoxy) is 4. The van der Waals surface area contributed by atoms with Gasteiger partial charge >= 0.3 is 12.1 Å². The minimum atomic E-state index is -1.36. The summed E-state index contributed by atoms with van der Waals surface area (Å²) in [6.45, 7) is -0.642. The van der Waals surface area contributed by atoms with Crippen LogP contribution in [0.1, 0.15) is 12.0 Å². The molecule has 30 heavy (non-hydrogen) atoms. The van der Waals surface area contributed by atoms with Gasteiger partial charge in [-0.1, -0.05) is 30.3 Å². The van der Waals surface area contributed by atoms with E-state index in [9.17, 15) is 19.2 Å². The fraction of sp³-hybridized carbons (Fsp3) is 0.474. The van der Waals surface area contributed by atoms with Crippen molar-refractivity contribution in [3.63, 3.8) is 0 Å². The second kappa shape index (κ2) is 13.1. The van der Waals surface area contributed by atoms with Crippen molar-refractivity contribution in [1.82, 2.24) is 10.2 Å². The molecule has 1 aromatic carbocycles. The molecule has 11 heteroatoms. The molecule has 166 valence electrons. The maximum atomic E-state index is 12.9. The fourth-order valence-corrected chi connectivity index (χ4v) is 2.41. The summed E-state index contributed by atoms with van der Waals surface area (Å²) >= 11 is 0. The first-order valence-electron chi connectivity index (χ1n) is 8.97. The van der Waals surface area contributed by atoms with Crippen LogP contribution in [0.2, 0.25) is 0 Å². The first kappa shape index (κ1) is 24.9. The van der Waals surface area contributed by atoms with Crippen molar-refractivity contribution < 1.29 is 38.1 Å². The highest BCUT2D eigenvalue weighted by atomic mass is 16.7. The molecule has 0 spiro atoms. The third-order valence-electron chi connectivity index (χ3n) is 3.96. The summed E-state index contributed by atoms with van der Waals surface area (Å²) in [6, 6.07) is 7.53. The zero-order valence-electron chi connectivity index (χ0n) is 17.2. The quantitative estimate of drug-likeness (QED) is 0.345. The highest BCUT2D eigenvalue weighted by Crippen LogP contribution is 2.06. The lowest BCUT2D eigenvalue weighted by Gasteiger charge is -2.28. The van der Waals surface area contributed by atoms with Crippen LogP contribution in [0.4, 0.5) is 4.79 Å². The first-order valence-corrected chi connectivity index (χ1v) is 8.97. The van der Waals surface area contributed by atoms with Crippen molar-refractivity contribution >= 4 is 23.9 Å². The van der Waals surface area contributed by atoms with Crippen molar-refractivity contribution in [1.29, 1.82) is 0 Å². The number of hydrogen-bond donors (Lipinski definition) is 2. The lowest BCUT2D eigenvalue weighted by molar-refractivity contribution is -0.156. The average Bonchev–Trinajstić information content (AvgIpc) is 2.74. The number of methoxy groups -OCH3 is 3. The minimum Gasteiger partial charge on any atom is -0.468 e. The Morgan fingerprint density at radius 3 is 2.23 bits per heavy atom. The van der Waals surface area contributed by atoms with Gasteiger partial charge in [-0.15, -0.1) is 0 Å². The molecule has 1 rings (SSSR count). The van der Waals surface area contributed by atoms with Gasteiger partial charge in [0.05, 0.1) is 20.1 Å². The van der Waals surface area contributed by atoms with E-state index in [-0.39, 0.29) is 13.2 Å². The van der Waals surface area contributed by atoms with Gasteiger partial charge in [0.25, 0.3) is 0 Å². The minimum absolute atomic E-state index is 0.0363. The molecule has 1 atom stereocenters. The van der Waals surface area contributed by atoms with Gasteiger partial charge in [0.2, 0.25) is 11.8 Å². The Bertz CT molecular complexity index is 709. The molecule has 0 saturated heterocycles. The van der Waals surface area contributed by atoms with Gasteiger partial charge in [-0.05, 0) is 5.56 Å². The summed E-state index contributed by atoms with van der Waals surface area (Å²) in [5.74, 6) is -2.29. The van der Waals surface area contributed by atoms with Gasteiger partial charge in [-0.3, -0.25) is 14.4 Å². The van der Waals surface area contributed by atoms with Crippen molar-refractivity contribution in [2.45, 2.75) is 25.4 Å². The Morgan fingerprint density at radius 2 is 1.70 bits per heavy atom. The van der Waals surface area contributed by atoms with E-state index in [0.29, 0.717) is 0 Å². The van der Waals surface area contributed by atoms with Crippen LogP contribution in [0.15, 0.2) is 30.3 Å². The average molecular weight is 425 g/mol. The number of alkyl carbamates (subject to hydrolysis) is 1. The number of amides is 3. The summed E-state index contributed by atoms with van der Waals surface area (Å²) in [4.78, 5) is 49.3. The molecule has 3 amide bonds. The van der Waals surface area contributed by atoms with Crippen molar-refractivity contribution in [2.24, 2.45) is 5.73 Å². The normalized spacial score (nSPS) is 11.5. The summed E-state index contributed by atoms with van der Waals surface area (Å²) in [5, 5.41) is 2.31. The second-order valence-electron chi connectivity index (χ2n) is 6.12. The van der Waals surface area contributed by atoms with E-state index in [1.165, 1.54) is 14.2 Å². The molecule has 0 heterocycles. The Hall–Kier alpha value is -3.18. The van der Waals surface area contributed by atoms with Gasteiger partial charge in [0.15, 0.2) is 6.29 Å². The number of benzene rings is 1. The van der Waals surface area contributed by atoms with E-state index in [1.54, 1.807) is 24.3 Å². The zero-order valence-corrected chi connectivity index (χ0v) is 17.2. The Morgan fingerprint density at radius 1 is 1.07 bits per heavy atom. The molecule has 0 fully saturated rings. The molecular weight excluding hydrogens is 398 g/mol. The van der Waals surface area contributed by atoms with Crippen LogP contribution in [-0.2, 0) is 39.9 Å². The number of esters is 1. The summed E-state index contributed by atoms with van der Waals surface area (Å²) in [5.41, 5.74) is 5.95. The van der Waals surface area contributed by atoms with Gasteiger partial charge in [0, 0.05) is 14.2 Å². The van der Waals surface area contributed by atoms with Crippen LogP contribution in [0.3, 0.4) is 0 Å². The van der Waals surface area contributed by atoms with Crippen LogP contribution in [0, 0.1) is 0 Å². The Kier molecular flexibility index (Phi) is 10.9. The van der Waals surface area contributed by atoms with Crippen molar-refractivity contribution in [3.8, 4) is 0 Å². The lowest BCUT2D eigenvalue weighted by atomic mass is 10.1. The third-order valence-corrected chi connectivity index (χ3v) is 3.96. The highest BCUT2D eigenvalue weighted by Gasteiger charge is 2.31. The standard InChI is InChI=1S/C19H27N3O8/c1-27-16(24)10-22(11-17(28-2)29-3)18(25)14(9-15(20)23)21-19(26)30-12-13-7-5-4-6-8-13/h4-8,14,17H,9-12H2,1-3H3,(H2,20,23)(H,21,26)/t14-/m0/s1. The van der Waals surface area contributed by atoms with E-state index >= 15 is 0 Å². The number of rotatable bonds is 12. The fourth-order valence-electron chi connectivity index (χ4n) is 2.41. The smallest absolute Gasteiger partial charge is 0.408 e. The molecule has 0 aliphatic carbocycles. The van der Waals surface area contributed by atoms with E-state index in [1.807, 2.05) is 6.07 Å². The maximum absolute atomic E-state index is 12.9. The number of nitrogens with two attached hydrogens (primary N) is 1. The number of nitrogens with zero attached hydrogens (tertiary/aromatic N) is 1. The van der Waals surface area contributed by atoms with Gasteiger partial charge in [-0.25, -0.2) is 4.79 Å². The van der Waals surface area contributed by atoms with E-state index in [0.717, 1.165) is 17.6 Å². The molecule has 0 radical (unpaired) electrons. The second-order valence-corrected chi connectivity index (χ2v) is 6.12. The van der Waals surface area contributed by atoms with Crippen molar-refractivity contribution in [3.05, 3.63) is 35.9 Å². The zero-order chi connectivity index (χ0) is 22.5. The molecular formula is C19H27N3O8. The number of primary amides is 1. The van der Waals surface area contributed by atoms with Crippen LogP contribution in [0.5, 0.6) is 0 Å². The van der Waals surface area contributed by atoms with E-state index in [4.69, 9.17) is 19.9 Å². The lowest BCUT2D eigenvalue weighted by Crippen LogP contribution is -2.53. The summed E-state index contributed by atoms with van der Waals surface area (Å²) in [7, 11) is 3.87. The van der Waals surface area contributed by atoms with E-state index in [2.05, 4.69) is 10.1 Å². The van der Waals surface area contributed by atoms with Gasteiger partial charge in [-0.2, -0.15) is 0 Å². The molecule has 1 aromatic rings. The monoisotopic (exact) mass is 425 g/mol. The van der Waals surface area contributed by atoms with Crippen LogP contribution in [-0.4, -0.2) is 75.5 Å². The van der Waals surface area contributed by atoms with Gasteiger partial charge in [0.1, 0.15) is 19.2 Å². The number of hydrogen-bond acceptors (Lipinski definition) is 8. The molecule has 0 bridgehead atoms. The number of carbonyl (C=O) groups excluding carboxylic acids is 4. The van der Waals surface area contributed by atoms with Crippen LogP contribution < -0.4 is 11.1 Å². The first-order chi connectivity index (χ1) is 14.3. The van der Waals surface area contributed by atoms with Gasteiger partial charge < -0.3 is 34.9 Å². The molecule has 0 aromatic heterocycles. The number of nitrogens with one attached hydrogen (secondary N) is 1. The summed E-state index contributed by atoms with van der Waals surface area (Å²) < 4.78 is 19.8. The third kappa shape index (κ3) is 8.88. The largest absolute Gasteiger partial charge is 0.468 e. The molecule has 0 aliphatic rings.